The Morgan fingerprint density at radius 3 is 2.22 bits per heavy atom. The molecule has 1 fully saturated rings. The molecule has 1 N–H and O–H groups in total. The molecule has 0 atom stereocenters. The molecule has 0 radical (unpaired) electrons. The molecule has 1 aliphatic rings. The van der Waals surface area contributed by atoms with Gasteiger partial charge in [0.15, 0.2) is 0 Å². The van der Waals surface area contributed by atoms with Crippen LogP contribution in [0.3, 0.4) is 0 Å². The molecule has 0 aliphatic carbocycles. The van der Waals surface area contributed by atoms with Crippen LogP contribution >= 0.6 is 0 Å². The van der Waals surface area contributed by atoms with Crippen LogP contribution < -0.4 is 4.72 Å². The highest BCUT2D eigenvalue weighted by Gasteiger charge is 2.25. The van der Waals surface area contributed by atoms with E-state index in [4.69, 9.17) is 0 Å². The van der Waals surface area contributed by atoms with Crippen molar-refractivity contribution in [2.24, 2.45) is 0 Å². The van der Waals surface area contributed by atoms with E-state index in [1.165, 1.54) is 6.42 Å². The zero-order valence-corrected chi connectivity index (χ0v) is 6.96. The first-order valence-electron chi connectivity index (χ1n) is 3.33. The van der Waals surface area contributed by atoms with Crippen molar-refractivity contribution in [1.82, 2.24) is 4.72 Å². The molecule has 0 bridgehead atoms. The minimum absolute atomic E-state index is 0.858. The summed E-state index contributed by atoms with van der Waals surface area (Å²) < 4.78 is 14.8. The van der Waals surface area contributed by atoms with E-state index < -0.39 is 9.25 Å². The molecule has 1 rings (SSSR count). The van der Waals surface area contributed by atoms with Crippen molar-refractivity contribution in [3.05, 3.63) is 0 Å². The summed E-state index contributed by atoms with van der Waals surface area (Å²) in [7, 11) is -2.32. The zero-order valence-electron chi connectivity index (χ0n) is 6.14. The van der Waals surface area contributed by atoms with Gasteiger partial charge in [-0.3, -0.25) is 8.93 Å². The van der Waals surface area contributed by atoms with E-state index >= 15 is 0 Å². The maximum absolute atomic E-state index is 11.7. The predicted octanol–water partition coefficient (Wildman–Crippen LogP) is 0.365. The SMILES string of the molecule is CS1(C)(=O)CCCCN1. The molecule has 0 spiro atoms. The predicted molar refractivity (Wildman–Crippen MR) is 42.1 cm³/mol. The second-order valence-electron chi connectivity index (χ2n) is 3.38. The van der Waals surface area contributed by atoms with Gasteiger partial charge in [0.2, 0.25) is 0 Å². The average molecular weight is 149 g/mol. The van der Waals surface area contributed by atoms with Crippen LogP contribution in [-0.2, 0) is 9.25 Å². The summed E-state index contributed by atoms with van der Waals surface area (Å²) in [4.78, 5) is 0. The Morgan fingerprint density at radius 2 is 2.00 bits per heavy atom. The summed E-state index contributed by atoms with van der Waals surface area (Å²) in [5.74, 6) is 0.858. The molecule has 0 aromatic heterocycles. The Morgan fingerprint density at radius 1 is 1.33 bits per heavy atom. The first-order chi connectivity index (χ1) is 3.97. The van der Waals surface area contributed by atoms with Crippen molar-refractivity contribution in [3.8, 4) is 0 Å². The fourth-order valence-corrected chi connectivity index (χ4v) is 3.08. The van der Waals surface area contributed by atoms with Gasteiger partial charge < -0.3 is 0 Å². The van der Waals surface area contributed by atoms with Crippen LogP contribution in [0.5, 0.6) is 0 Å². The van der Waals surface area contributed by atoms with E-state index in [9.17, 15) is 4.21 Å². The summed E-state index contributed by atoms with van der Waals surface area (Å²) in [6, 6.07) is 0. The molecule has 0 aromatic carbocycles. The molecular formula is C6H15NOS. The third kappa shape index (κ3) is 2.06. The molecule has 3 heteroatoms. The van der Waals surface area contributed by atoms with E-state index in [0.717, 1.165) is 18.7 Å². The molecule has 0 unspecified atom stereocenters. The number of hydrogen-bond acceptors (Lipinski definition) is 1. The Balaban J connectivity index is 2.70. The standard InChI is InChI=1S/C6H15NOS/c1-9(2,8)6-4-3-5-7-9/h3-6H2,1-2H3,(H,7,8). The van der Waals surface area contributed by atoms with Crippen molar-refractivity contribution in [3.63, 3.8) is 0 Å². The highest BCUT2D eigenvalue weighted by Crippen LogP contribution is 2.18. The maximum Gasteiger partial charge on any atom is 0.0147 e. The molecule has 0 aromatic rings. The fraction of sp³-hybridized carbons (Fsp3) is 1.00. The average Bonchev–Trinajstić information content (AvgIpc) is 1.62. The summed E-state index contributed by atoms with van der Waals surface area (Å²) in [6.45, 7) is 0.929. The molecule has 1 saturated heterocycles. The molecule has 2 nitrogen and oxygen atoms in total. The van der Waals surface area contributed by atoms with Crippen molar-refractivity contribution in [2.45, 2.75) is 12.8 Å². The smallest absolute Gasteiger partial charge is 0.0147 e. The monoisotopic (exact) mass is 149 g/mol. The lowest BCUT2D eigenvalue weighted by molar-refractivity contribution is 0.619. The number of hydrogen-bond donors (Lipinski definition) is 1. The molecule has 1 aliphatic heterocycles. The number of nitrogens with one attached hydrogen (secondary N) is 1. The molecule has 56 valence electrons. The van der Waals surface area contributed by atoms with E-state index in [2.05, 4.69) is 4.72 Å². The lowest BCUT2D eigenvalue weighted by Gasteiger charge is -2.38. The first kappa shape index (κ1) is 7.22. The Bertz CT molecular complexity index is 158. The van der Waals surface area contributed by atoms with Gasteiger partial charge in [-0.25, -0.2) is 0 Å². The van der Waals surface area contributed by atoms with Crippen LogP contribution in [0.4, 0.5) is 0 Å². The Hall–Kier alpha value is 0.110. The van der Waals surface area contributed by atoms with Gasteiger partial charge in [-0.05, 0) is 12.8 Å². The van der Waals surface area contributed by atoms with Gasteiger partial charge in [-0.15, -0.1) is 0 Å². The first-order valence-corrected chi connectivity index (χ1v) is 6.28. The van der Waals surface area contributed by atoms with Gasteiger partial charge in [0.25, 0.3) is 0 Å². The van der Waals surface area contributed by atoms with E-state index in [-0.39, 0.29) is 0 Å². The van der Waals surface area contributed by atoms with Crippen molar-refractivity contribution >= 4 is 9.25 Å². The largest absolute Gasteiger partial charge is 0.269 e. The second kappa shape index (κ2) is 1.80. The van der Waals surface area contributed by atoms with Crippen molar-refractivity contribution < 1.29 is 4.21 Å². The van der Waals surface area contributed by atoms with Crippen LogP contribution in [0, 0.1) is 0 Å². The minimum atomic E-state index is -2.32. The summed E-state index contributed by atoms with van der Waals surface area (Å²) >= 11 is 0. The van der Waals surface area contributed by atoms with Crippen LogP contribution in [0.15, 0.2) is 0 Å². The van der Waals surface area contributed by atoms with Gasteiger partial charge in [0.05, 0.1) is 0 Å². The Labute approximate surface area is 56.6 Å². The molecule has 0 saturated carbocycles. The topological polar surface area (TPSA) is 29.1 Å². The lowest BCUT2D eigenvalue weighted by Crippen LogP contribution is -2.51. The second-order valence-corrected chi connectivity index (χ2v) is 8.22. The maximum atomic E-state index is 11.7. The molecule has 0 amide bonds. The van der Waals surface area contributed by atoms with Gasteiger partial charge in [-0.1, -0.05) is 9.25 Å². The van der Waals surface area contributed by atoms with Crippen LogP contribution in [0.1, 0.15) is 12.8 Å². The Kier molecular flexibility index (Phi) is 1.44. The quantitative estimate of drug-likeness (QED) is 0.529. The molecule has 9 heavy (non-hydrogen) atoms. The van der Waals surface area contributed by atoms with Crippen LogP contribution in [-0.4, -0.2) is 29.0 Å². The van der Waals surface area contributed by atoms with Crippen molar-refractivity contribution in [1.29, 1.82) is 0 Å². The van der Waals surface area contributed by atoms with Crippen molar-refractivity contribution in [2.75, 3.05) is 24.8 Å². The van der Waals surface area contributed by atoms with Gasteiger partial charge in [-0.2, -0.15) is 0 Å². The normalized spacial score (nSPS) is 36.4. The van der Waals surface area contributed by atoms with E-state index in [0.29, 0.717) is 0 Å². The van der Waals surface area contributed by atoms with Gasteiger partial charge in [0.1, 0.15) is 0 Å². The third-order valence-electron chi connectivity index (χ3n) is 1.72. The molecular weight excluding hydrogens is 134 g/mol. The summed E-state index contributed by atoms with van der Waals surface area (Å²) in [6.07, 6.45) is 5.98. The fourth-order valence-electron chi connectivity index (χ4n) is 1.11. The summed E-state index contributed by atoms with van der Waals surface area (Å²) in [5, 5.41) is 0. The van der Waals surface area contributed by atoms with Crippen LogP contribution in [0.2, 0.25) is 0 Å². The van der Waals surface area contributed by atoms with E-state index in [1.54, 1.807) is 0 Å². The van der Waals surface area contributed by atoms with E-state index in [1.807, 2.05) is 12.5 Å². The highest BCUT2D eigenvalue weighted by molar-refractivity contribution is 8.17. The highest BCUT2D eigenvalue weighted by atomic mass is 32.3. The van der Waals surface area contributed by atoms with Gasteiger partial charge in [0, 0.05) is 24.8 Å². The van der Waals surface area contributed by atoms with Gasteiger partial charge >= 0.3 is 0 Å². The number of rotatable bonds is 0. The molecule has 1 heterocycles. The van der Waals surface area contributed by atoms with Crippen LogP contribution in [0.25, 0.3) is 0 Å². The third-order valence-corrected chi connectivity index (χ3v) is 4.30. The minimum Gasteiger partial charge on any atom is -0.269 e. The lowest BCUT2D eigenvalue weighted by atomic mass is 10.3. The zero-order chi connectivity index (χ0) is 6.98. The summed E-state index contributed by atoms with van der Waals surface area (Å²) in [5.41, 5.74) is 0.